The highest BCUT2D eigenvalue weighted by molar-refractivity contribution is 6.33. The molecule has 0 saturated carbocycles. The monoisotopic (exact) mass is 434 g/mol. The summed E-state index contributed by atoms with van der Waals surface area (Å²) in [6, 6.07) is 12.6. The quantitative estimate of drug-likeness (QED) is 0.557. The Bertz CT molecular complexity index is 962. The van der Waals surface area contributed by atoms with Crippen molar-refractivity contribution < 1.29 is 23.9 Å². The van der Waals surface area contributed by atoms with Crippen LogP contribution >= 0.6 is 23.2 Å². The van der Waals surface area contributed by atoms with Crippen molar-refractivity contribution in [2.45, 2.75) is 6.42 Å². The van der Waals surface area contributed by atoms with E-state index in [4.69, 9.17) is 27.9 Å². The van der Waals surface area contributed by atoms with Crippen LogP contribution in [-0.2, 0) is 14.3 Å². The summed E-state index contributed by atoms with van der Waals surface area (Å²) in [4.78, 5) is 48.7. The first-order valence-electron chi connectivity index (χ1n) is 8.66. The first-order valence-corrected chi connectivity index (χ1v) is 9.42. The van der Waals surface area contributed by atoms with Crippen LogP contribution in [0.4, 0.5) is 0 Å². The van der Waals surface area contributed by atoms with E-state index in [1.807, 2.05) is 0 Å². The number of hydrogen-bond donors (Lipinski definition) is 1. The molecule has 0 spiro atoms. The number of rotatable bonds is 6. The Morgan fingerprint density at radius 2 is 1.76 bits per heavy atom. The number of Topliss-reactive ketones (excluding diaryl/α,β-unsaturated/α-hetero) is 1. The van der Waals surface area contributed by atoms with Gasteiger partial charge < -0.3 is 4.74 Å². The largest absolute Gasteiger partial charge is 0.457 e. The number of halogens is 2. The molecule has 9 heteroatoms. The summed E-state index contributed by atoms with van der Waals surface area (Å²) in [7, 11) is 0. The molecule has 1 fully saturated rings. The average molecular weight is 435 g/mol. The van der Waals surface area contributed by atoms with E-state index < -0.39 is 30.3 Å². The summed E-state index contributed by atoms with van der Waals surface area (Å²) in [6.07, 6.45) is -0.128. The number of ketones is 1. The Balaban J connectivity index is 1.53. The van der Waals surface area contributed by atoms with Gasteiger partial charge in [0.1, 0.15) is 0 Å². The molecule has 1 saturated heterocycles. The Morgan fingerprint density at radius 1 is 1.07 bits per heavy atom. The Morgan fingerprint density at radius 3 is 2.45 bits per heavy atom. The van der Waals surface area contributed by atoms with Crippen molar-refractivity contribution in [2.24, 2.45) is 5.92 Å². The first kappa shape index (κ1) is 20.8. The van der Waals surface area contributed by atoms with Gasteiger partial charge in [0.25, 0.3) is 5.91 Å². The predicted molar refractivity (Wildman–Crippen MR) is 105 cm³/mol. The molecule has 0 aliphatic carbocycles. The van der Waals surface area contributed by atoms with Crippen molar-refractivity contribution in [1.82, 2.24) is 10.4 Å². The number of carbonyl (C=O) groups is 4. The number of hydrazine groups is 1. The van der Waals surface area contributed by atoms with Gasteiger partial charge in [-0.05, 0) is 36.4 Å². The van der Waals surface area contributed by atoms with Crippen molar-refractivity contribution in [3.63, 3.8) is 0 Å². The number of ether oxygens (including phenoxy) is 1. The minimum atomic E-state index is -0.785. The van der Waals surface area contributed by atoms with Crippen molar-refractivity contribution in [2.75, 3.05) is 13.2 Å². The topological polar surface area (TPSA) is 92.8 Å². The van der Waals surface area contributed by atoms with Gasteiger partial charge in [0.2, 0.25) is 5.91 Å². The fourth-order valence-corrected chi connectivity index (χ4v) is 3.12. The average Bonchev–Trinajstić information content (AvgIpc) is 3.07. The molecule has 1 aliphatic rings. The third kappa shape index (κ3) is 5.13. The number of nitrogens with one attached hydrogen (secondary N) is 1. The zero-order chi connectivity index (χ0) is 21.0. The summed E-state index contributed by atoms with van der Waals surface area (Å²) < 4.78 is 5.04. The number of hydrogen-bond acceptors (Lipinski definition) is 5. The highest BCUT2D eigenvalue weighted by atomic mass is 35.5. The molecule has 0 unspecified atom stereocenters. The van der Waals surface area contributed by atoms with Crippen LogP contribution in [-0.4, -0.2) is 41.7 Å². The maximum absolute atomic E-state index is 12.3. The molecule has 1 aliphatic heterocycles. The fourth-order valence-electron chi connectivity index (χ4n) is 2.78. The van der Waals surface area contributed by atoms with E-state index in [1.54, 1.807) is 30.3 Å². The van der Waals surface area contributed by atoms with Crippen molar-refractivity contribution in [3.8, 4) is 0 Å². The second kappa shape index (κ2) is 9.07. The molecule has 0 bridgehead atoms. The normalized spacial score (nSPS) is 15.9. The number of nitrogens with zero attached hydrogens (tertiary/aromatic N) is 1. The van der Waals surface area contributed by atoms with E-state index in [-0.39, 0.29) is 29.3 Å². The molecule has 3 rings (SSSR count). The van der Waals surface area contributed by atoms with Gasteiger partial charge in [-0.1, -0.05) is 35.3 Å². The van der Waals surface area contributed by atoms with Crippen LogP contribution in [0.25, 0.3) is 0 Å². The molecule has 29 heavy (non-hydrogen) atoms. The maximum Gasteiger partial charge on any atom is 0.311 e. The van der Waals surface area contributed by atoms with E-state index in [1.165, 1.54) is 18.2 Å². The molecule has 7 nitrogen and oxygen atoms in total. The molecular weight excluding hydrogens is 419 g/mol. The summed E-state index contributed by atoms with van der Waals surface area (Å²) in [5, 5.41) is 1.79. The third-order valence-corrected chi connectivity index (χ3v) is 4.91. The van der Waals surface area contributed by atoms with Crippen LogP contribution in [0.1, 0.15) is 27.1 Å². The van der Waals surface area contributed by atoms with Crippen molar-refractivity contribution in [3.05, 3.63) is 69.7 Å². The molecule has 0 aromatic heterocycles. The van der Waals surface area contributed by atoms with Gasteiger partial charge in [0.15, 0.2) is 12.4 Å². The van der Waals surface area contributed by atoms with E-state index in [2.05, 4.69) is 5.43 Å². The molecule has 0 radical (unpaired) electrons. The summed E-state index contributed by atoms with van der Waals surface area (Å²) in [6.45, 7) is -0.500. The smallest absolute Gasteiger partial charge is 0.311 e. The lowest BCUT2D eigenvalue weighted by molar-refractivity contribution is -0.147. The molecule has 150 valence electrons. The summed E-state index contributed by atoms with van der Waals surface area (Å²) >= 11 is 11.7. The Hall–Kier alpha value is -2.90. The fraction of sp³-hybridized carbons (Fsp3) is 0.200. The van der Waals surface area contributed by atoms with Gasteiger partial charge in [-0.25, -0.2) is 0 Å². The molecule has 2 aromatic carbocycles. The molecule has 2 amide bonds. The number of esters is 1. The predicted octanol–water partition coefficient (Wildman–Crippen LogP) is 2.91. The van der Waals surface area contributed by atoms with Crippen molar-refractivity contribution >= 4 is 46.8 Å². The number of amides is 2. The zero-order valence-electron chi connectivity index (χ0n) is 15.1. The Kier molecular flexibility index (Phi) is 6.51. The lowest BCUT2D eigenvalue weighted by atomic mass is 10.1. The summed E-state index contributed by atoms with van der Waals surface area (Å²) in [5.41, 5.74) is 3.01. The first-order chi connectivity index (χ1) is 13.8. The van der Waals surface area contributed by atoms with Gasteiger partial charge in [-0.15, -0.1) is 0 Å². The van der Waals surface area contributed by atoms with Crippen LogP contribution < -0.4 is 5.43 Å². The van der Waals surface area contributed by atoms with E-state index in [9.17, 15) is 19.2 Å². The summed E-state index contributed by atoms with van der Waals surface area (Å²) in [5.74, 6) is -2.85. The van der Waals surface area contributed by atoms with Gasteiger partial charge in [-0.2, -0.15) is 0 Å². The highest BCUT2D eigenvalue weighted by Gasteiger charge is 2.37. The van der Waals surface area contributed by atoms with Gasteiger partial charge in [-0.3, -0.25) is 29.6 Å². The number of benzene rings is 2. The van der Waals surface area contributed by atoms with Gasteiger partial charge in [0.05, 0.1) is 23.0 Å². The van der Waals surface area contributed by atoms with E-state index >= 15 is 0 Å². The van der Waals surface area contributed by atoms with Gasteiger partial charge >= 0.3 is 5.97 Å². The minimum absolute atomic E-state index is 0.0526. The van der Waals surface area contributed by atoms with Crippen LogP contribution in [0.2, 0.25) is 10.0 Å². The third-order valence-electron chi connectivity index (χ3n) is 4.33. The van der Waals surface area contributed by atoms with Crippen LogP contribution in [0.15, 0.2) is 48.5 Å². The second-order valence-corrected chi connectivity index (χ2v) is 7.21. The molecule has 1 atom stereocenters. The van der Waals surface area contributed by atoms with Gasteiger partial charge in [0, 0.05) is 17.0 Å². The lowest BCUT2D eigenvalue weighted by Gasteiger charge is -2.18. The number of carbonyl (C=O) groups excluding carboxylic acids is 4. The van der Waals surface area contributed by atoms with Crippen molar-refractivity contribution in [1.29, 1.82) is 0 Å². The van der Waals surface area contributed by atoms with Crippen LogP contribution in [0.3, 0.4) is 0 Å². The SMILES string of the molecule is O=C(COC(=O)[C@@H]1CC(=O)N(NC(=O)c2ccccc2Cl)C1)c1ccc(Cl)cc1. The van der Waals surface area contributed by atoms with E-state index in [0.717, 1.165) is 5.01 Å². The highest BCUT2D eigenvalue weighted by Crippen LogP contribution is 2.20. The molecular formula is C20H16Cl2N2O5. The lowest BCUT2D eigenvalue weighted by Crippen LogP contribution is -2.43. The molecule has 1 heterocycles. The van der Waals surface area contributed by atoms with Crippen LogP contribution in [0, 0.1) is 5.92 Å². The minimum Gasteiger partial charge on any atom is -0.457 e. The van der Waals surface area contributed by atoms with Crippen LogP contribution in [0.5, 0.6) is 0 Å². The standard InChI is InChI=1S/C20H16Cl2N2O5/c21-14-7-5-12(6-8-14)17(25)11-29-20(28)13-9-18(26)24(10-13)23-19(27)15-3-1-2-4-16(15)22/h1-8,13H,9-11H2,(H,23,27)/t13-/m1/s1. The Labute approximate surface area is 176 Å². The molecule has 2 aromatic rings. The maximum atomic E-state index is 12.3. The molecule has 1 N–H and O–H groups in total. The van der Waals surface area contributed by atoms with E-state index in [0.29, 0.717) is 10.6 Å². The zero-order valence-corrected chi connectivity index (χ0v) is 16.6. The second-order valence-electron chi connectivity index (χ2n) is 6.36.